The fourth-order valence-corrected chi connectivity index (χ4v) is 4.03. The van der Waals surface area contributed by atoms with Crippen LogP contribution in [0.4, 0.5) is 16.2 Å². The fraction of sp³-hybridized carbons (Fsp3) is 0.375. The van der Waals surface area contributed by atoms with Crippen LogP contribution >= 0.6 is 0 Å². The van der Waals surface area contributed by atoms with Gasteiger partial charge in [0, 0.05) is 24.2 Å². The maximum Gasteiger partial charge on any atom is 0.408 e. The molecule has 0 aromatic heterocycles. The van der Waals surface area contributed by atoms with Gasteiger partial charge in [-0.05, 0) is 51.0 Å². The lowest BCUT2D eigenvalue weighted by molar-refractivity contribution is -0.120. The minimum absolute atomic E-state index is 0.162. The van der Waals surface area contributed by atoms with E-state index < -0.39 is 17.7 Å². The standard InChI is InChI=1S/C24H27N3O3/c1-15(25-23(29)30-24(2,3)4)22(28)27-20-12-8-6-10-17(20)14-21(27)19-13-16-9-5-7-11-18(16)26-19/h5-12,15,21H,13-14H2,1-4H3,(H,25,29). The second-order valence-electron chi connectivity index (χ2n) is 8.83. The molecule has 1 N–H and O–H groups in total. The van der Waals surface area contributed by atoms with Gasteiger partial charge in [-0.25, -0.2) is 4.79 Å². The lowest BCUT2D eigenvalue weighted by atomic mass is 10.0. The summed E-state index contributed by atoms with van der Waals surface area (Å²) in [5.41, 5.74) is 4.49. The van der Waals surface area contributed by atoms with E-state index in [1.165, 1.54) is 5.56 Å². The van der Waals surface area contributed by atoms with E-state index in [1.807, 2.05) is 42.5 Å². The highest BCUT2D eigenvalue weighted by molar-refractivity contribution is 6.10. The second-order valence-corrected chi connectivity index (χ2v) is 8.83. The zero-order valence-corrected chi connectivity index (χ0v) is 17.8. The summed E-state index contributed by atoms with van der Waals surface area (Å²) >= 11 is 0. The van der Waals surface area contributed by atoms with Gasteiger partial charge in [0.25, 0.3) is 0 Å². The Balaban J connectivity index is 1.58. The monoisotopic (exact) mass is 405 g/mol. The van der Waals surface area contributed by atoms with E-state index in [9.17, 15) is 9.59 Å². The predicted molar refractivity (Wildman–Crippen MR) is 117 cm³/mol. The number of carbonyl (C=O) groups is 2. The number of nitrogens with one attached hydrogen (secondary N) is 1. The lowest BCUT2D eigenvalue weighted by Crippen LogP contribution is -2.52. The van der Waals surface area contributed by atoms with Crippen LogP contribution in [0.15, 0.2) is 53.5 Å². The van der Waals surface area contributed by atoms with E-state index in [1.54, 1.807) is 32.6 Å². The quantitative estimate of drug-likeness (QED) is 0.832. The van der Waals surface area contributed by atoms with Crippen molar-refractivity contribution >= 4 is 29.1 Å². The number of aliphatic imine (C=N–C) groups is 1. The molecule has 0 spiro atoms. The Morgan fingerprint density at radius 1 is 1.10 bits per heavy atom. The zero-order chi connectivity index (χ0) is 21.5. The Morgan fingerprint density at radius 3 is 2.47 bits per heavy atom. The fourth-order valence-electron chi connectivity index (χ4n) is 4.03. The average molecular weight is 405 g/mol. The number of amides is 2. The van der Waals surface area contributed by atoms with Gasteiger partial charge >= 0.3 is 6.09 Å². The Morgan fingerprint density at radius 2 is 1.77 bits per heavy atom. The van der Waals surface area contributed by atoms with Crippen molar-refractivity contribution in [3.63, 3.8) is 0 Å². The number of anilines is 1. The third kappa shape index (κ3) is 3.95. The molecule has 0 saturated carbocycles. The Hall–Kier alpha value is -3.15. The summed E-state index contributed by atoms with van der Waals surface area (Å²) in [6.45, 7) is 7.07. The Kier molecular flexibility index (Phi) is 5.10. The summed E-state index contributed by atoms with van der Waals surface area (Å²) in [6.07, 6.45) is 0.846. The maximum atomic E-state index is 13.4. The first-order valence-electron chi connectivity index (χ1n) is 10.3. The van der Waals surface area contributed by atoms with Crippen LogP contribution in [-0.4, -0.2) is 35.4 Å². The van der Waals surface area contributed by atoms with Crippen molar-refractivity contribution in [2.45, 2.75) is 58.2 Å². The molecule has 156 valence electrons. The zero-order valence-electron chi connectivity index (χ0n) is 17.8. The van der Waals surface area contributed by atoms with Crippen LogP contribution in [0.25, 0.3) is 0 Å². The molecule has 6 nitrogen and oxygen atoms in total. The van der Waals surface area contributed by atoms with E-state index in [-0.39, 0.29) is 11.9 Å². The molecule has 0 aliphatic carbocycles. The van der Waals surface area contributed by atoms with Crippen molar-refractivity contribution in [1.82, 2.24) is 5.32 Å². The molecule has 2 aromatic rings. The topological polar surface area (TPSA) is 71.0 Å². The number of hydrogen-bond donors (Lipinski definition) is 1. The highest BCUT2D eigenvalue weighted by Crippen LogP contribution is 2.37. The van der Waals surface area contributed by atoms with Gasteiger partial charge in [0.1, 0.15) is 11.6 Å². The molecule has 0 saturated heterocycles. The number of fused-ring (bicyclic) bond motifs is 2. The number of alkyl carbamates (subject to hydrolysis) is 1. The molecule has 0 fully saturated rings. The first kappa shape index (κ1) is 20.1. The molecule has 2 amide bonds. The highest BCUT2D eigenvalue weighted by Gasteiger charge is 2.40. The van der Waals surface area contributed by atoms with Gasteiger partial charge in [-0.2, -0.15) is 0 Å². The van der Waals surface area contributed by atoms with E-state index in [4.69, 9.17) is 9.73 Å². The van der Waals surface area contributed by atoms with Crippen LogP contribution in [0.2, 0.25) is 0 Å². The van der Waals surface area contributed by atoms with Crippen molar-refractivity contribution in [3.8, 4) is 0 Å². The summed E-state index contributed by atoms with van der Waals surface area (Å²) in [5.74, 6) is -0.172. The van der Waals surface area contributed by atoms with E-state index in [0.29, 0.717) is 6.42 Å². The predicted octanol–water partition coefficient (Wildman–Crippen LogP) is 4.19. The van der Waals surface area contributed by atoms with Gasteiger partial charge in [0.05, 0.1) is 11.7 Å². The van der Waals surface area contributed by atoms with Crippen molar-refractivity contribution in [2.75, 3.05) is 4.90 Å². The summed E-state index contributed by atoms with van der Waals surface area (Å²) in [5, 5.41) is 2.68. The van der Waals surface area contributed by atoms with Crippen LogP contribution < -0.4 is 10.2 Å². The normalized spacial score (nSPS) is 18.3. The molecular weight excluding hydrogens is 378 g/mol. The molecule has 6 heteroatoms. The van der Waals surface area contributed by atoms with Gasteiger partial charge in [-0.15, -0.1) is 0 Å². The molecule has 30 heavy (non-hydrogen) atoms. The molecule has 2 unspecified atom stereocenters. The molecule has 0 radical (unpaired) electrons. The maximum absolute atomic E-state index is 13.4. The third-order valence-corrected chi connectivity index (χ3v) is 5.33. The van der Waals surface area contributed by atoms with E-state index in [0.717, 1.165) is 29.1 Å². The molecule has 2 aromatic carbocycles. The largest absolute Gasteiger partial charge is 0.444 e. The van der Waals surface area contributed by atoms with Gasteiger partial charge in [-0.3, -0.25) is 9.79 Å². The first-order valence-corrected chi connectivity index (χ1v) is 10.3. The first-order chi connectivity index (χ1) is 14.2. The van der Waals surface area contributed by atoms with Crippen LogP contribution in [0.3, 0.4) is 0 Å². The minimum Gasteiger partial charge on any atom is -0.444 e. The molecular formula is C24H27N3O3. The molecule has 2 aliphatic rings. The second kappa shape index (κ2) is 7.59. The smallest absolute Gasteiger partial charge is 0.408 e. The molecule has 2 heterocycles. The number of para-hydroxylation sites is 2. The number of carbonyl (C=O) groups excluding carboxylic acids is 2. The van der Waals surface area contributed by atoms with Crippen LogP contribution in [0, 0.1) is 0 Å². The number of benzene rings is 2. The number of nitrogens with zero attached hydrogens (tertiary/aromatic N) is 2. The van der Waals surface area contributed by atoms with Crippen molar-refractivity contribution < 1.29 is 14.3 Å². The van der Waals surface area contributed by atoms with E-state index >= 15 is 0 Å². The van der Waals surface area contributed by atoms with Crippen molar-refractivity contribution in [2.24, 2.45) is 4.99 Å². The number of ether oxygens (including phenoxy) is 1. The summed E-state index contributed by atoms with van der Waals surface area (Å²) in [6, 6.07) is 15.1. The van der Waals surface area contributed by atoms with Crippen LogP contribution in [0.1, 0.15) is 38.8 Å². The van der Waals surface area contributed by atoms with Crippen LogP contribution in [0.5, 0.6) is 0 Å². The lowest BCUT2D eigenvalue weighted by Gasteiger charge is -2.29. The Labute approximate surface area is 176 Å². The third-order valence-electron chi connectivity index (χ3n) is 5.33. The van der Waals surface area contributed by atoms with E-state index in [2.05, 4.69) is 11.4 Å². The molecule has 4 rings (SSSR count). The number of hydrogen-bond acceptors (Lipinski definition) is 4. The molecule has 0 bridgehead atoms. The van der Waals surface area contributed by atoms with Gasteiger partial charge < -0.3 is 15.0 Å². The summed E-state index contributed by atoms with van der Waals surface area (Å²) in [4.78, 5) is 32.3. The average Bonchev–Trinajstić information content (AvgIpc) is 3.27. The van der Waals surface area contributed by atoms with Gasteiger partial charge in [0.15, 0.2) is 0 Å². The van der Waals surface area contributed by atoms with Crippen molar-refractivity contribution in [3.05, 3.63) is 59.7 Å². The number of rotatable bonds is 3. The minimum atomic E-state index is -0.724. The Bertz CT molecular complexity index is 1020. The van der Waals surface area contributed by atoms with Crippen LogP contribution in [-0.2, 0) is 22.4 Å². The SMILES string of the molecule is CC(NC(=O)OC(C)(C)C)C(=O)N1c2ccccc2CC1C1=Nc2ccccc2C1. The van der Waals surface area contributed by atoms with Gasteiger partial charge in [0.2, 0.25) is 5.91 Å². The summed E-state index contributed by atoms with van der Waals surface area (Å²) < 4.78 is 5.32. The molecule has 2 atom stereocenters. The van der Waals surface area contributed by atoms with Crippen molar-refractivity contribution in [1.29, 1.82) is 0 Å². The highest BCUT2D eigenvalue weighted by atomic mass is 16.6. The summed E-state index contributed by atoms with van der Waals surface area (Å²) in [7, 11) is 0. The van der Waals surface area contributed by atoms with Gasteiger partial charge in [-0.1, -0.05) is 36.4 Å². The molecule has 2 aliphatic heterocycles.